The summed E-state index contributed by atoms with van der Waals surface area (Å²) in [6.07, 6.45) is 1.15. The minimum Gasteiger partial charge on any atom is -0.363 e. The highest BCUT2D eigenvalue weighted by Crippen LogP contribution is 2.37. The zero-order valence-electron chi connectivity index (χ0n) is 12.3. The summed E-state index contributed by atoms with van der Waals surface area (Å²) < 4.78 is 1.14. The van der Waals surface area contributed by atoms with Crippen molar-refractivity contribution in [1.82, 2.24) is 0 Å². The molecule has 0 saturated heterocycles. The third kappa shape index (κ3) is 2.85. The number of nitrogens with zero attached hydrogens (tertiary/aromatic N) is 1. The van der Waals surface area contributed by atoms with Gasteiger partial charge in [-0.25, -0.2) is 0 Å². The van der Waals surface area contributed by atoms with E-state index >= 15 is 0 Å². The number of rotatable bonds is 3. The van der Waals surface area contributed by atoms with Crippen LogP contribution in [0.3, 0.4) is 0 Å². The van der Waals surface area contributed by atoms with Crippen molar-refractivity contribution in [1.29, 1.82) is 0 Å². The molecule has 3 rings (SSSR count). The highest BCUT2D eigenvalue weighted by Gasteiger charge is 2.28. The summed E-state index contributed by atoms with van der Waals surface area (Å²) in [5, 5.41) is 0. The lowest BCUT2D eigenvalue weighted by molar-refractivity contribution is 0.489. The molecule has 0 spiro atoms. The first-order valence-corrected chi connectivity index (χ1v) is 8.29. The molecule has 0 aliphatic carbocycles. The van der Waals surface area contributed by atoms with E-state index in [0.29, 0.717) is 12.5 Å². The largest absolute Gasteiger partial charge is 0.363 e. The summed E-state index contributed by atoms with van der Waals surface area (Å²) in [6, 6.07) is 17.3. The lowest BCUT2D eigenvalue weighted by Crippen LogP contribution is -2.40. The van der Waals surface area contributed by atoms with Crippen molar-refractivity contribution in [3.8, 4) is 0 Å². The molecule has 2 aromatic carbocycles. The zero-order valence-corrected chi connectivity index (χ0v) is 13.9. The Labute approximate surface area is 135 Å². The van der Waals surface area contributed by atoms with Gasteiger partial charge >= 0.3 is 0 Å². The number of nitrogens with two attached hydrogens (primary N) is 1. The first kappa shape index (κ1) is 14.6. The molecule has 0 radical (unpaired) electrons. The Morgan fingerprint density at radius 2 is 1.90 bits per heavy atom. The first-order valence-electron chi connectivity index (χ1n) is 7.49. The van der Waals surface area contributed by atoms with E-state index in [-0.39, 0.29) is 6.04 Å². The van der Waals surface area contributed by atoms with E-state index in [9.17, 15) is 0 Å². The maximum atomic E-state index is 6.14. The Hall–Kier alpha value is -1.32. The summed E-state index contributed by atoms with van der Waals surface area (Å²) in [5.74, 6) is 0.649. The van der Waals surface area contributed by atoms with Crippen molar-refractivity contribution < 1.29 is 0 Å². The first-order chi connectivity index (χ1) is 10.2. The number of benzene rings is 2. The molecule has 21 heavy (non-hydrogen) atoms. The monoisotopic (exact) mass is 344 g/mol. The normalized spacial score (nSPS) is 19.2. The summed E-state index contributed by atoms with van der Waals surface area (Å²) >= 11 is 3.68. The lowest BCUT2D eigenvalue weighted by atomic mass is 9.91. The zero-order chi connectivity index (χ0) is 14.8. The smallest absolute Gasteiger partial charge is 0.0675 e. The number of hydrogen-bond acceptors (Lipinski definition) is 2. The van der Waals surface area contributed by atoms with E-state index in [1.54, 1.807) is 0 Å². The van der Waals surface area contributed by atoms with Gasteiger partial charge in [-0.3, -0.25) is 0 Å². The lowest BCUT2D eigenvalue weighted by Gasteiger charge is -2.40. The molecule has 0 fully saturated rings. The van der Waals surface area contributed by atoms with E-state index in [2.05, 4.69) is 70.2 Å². The second kappa shape index (κ2) is 6.20. The van der Waals surface area contributed by atoms with Crippen molar-refractivity contribution in [2.75, 3.05) is 18.0 Å². The van der Waals surface area contributed by atoms with Crippen LogP contribution in [-0.4, -0.2) is 13.1 Å². The van der Waals surface area contributed by atoms with Crippen LogP contribution in [0.25, 0.3) is 0 Å². The molecule has 0 aromatic heterocycles. The van der Waals surface area contributed by atoms with Crippen LogP contribution in [-0.2, 0) is 6.42 Å². The van der Waals surface area contributed by atoms with Crippen LogP contribution < -0.4 is 10.6 Å². The van der Waals surface area contributed by atoms with Crippen LogP contribution in [0, 0.1) is 5.92 Å². The number of para-hydroxylation sites is 1. The molecular weight excluding hydrogens is 324 g/mol. The number of hydrogen-bond donors (Lipinski definition) is 1. The predicted octanol–water partition coefficient (Wildman–Crippen LogP) is 4.15. The van der Waals surface area contributed by atoms with Crippen LogP contribution >= 0.6 is 15.9 Å². The van der Waals surface area contributed by atoms with Gasteiger partial charge in [-0.1, -0.05) is 59.3 Å². The molecule has 2 atom stereocenters. The Bertz CT molecular complexity index is 626. The fraction of sp³-hybridized carbons (Fsp3) is 0.333. The van der Waals surface area contributed by atoms with Crippen molar-refractivity contribution in [2.24, 2.45) is 11.7 Å². The molecule has 0 saturated carbocycles. The SMILES string of the molecule is CC1Cc2ccccc2N(C(CN)c2ccccc2Br)C1. The Kier molecular flexibility index (Phi) is 4.32. The van der Waals surface area contributed by atoms with Gasteiger partial charge in [0.25, 0.3) is 0 Å². The van der Waals surface area contributed by atoms with E-state index in [4.69, 9.17) is 5.73 Å². The van der Waals surface area contributed by atoms with Crippen molar-refractivity contribution in [3.63, 3.8) is 0 Å². The van der Waals surface area contributed by atoms with Gasteiger partial charge in [0.15, 0.2) is 0 Å². The number of fused-ring (bicyclic) bond motifs is 1. The molecule has 110 valence electrons. The van der Waals surface area contributed by atoms with Crippen LogP contribution in [0.4, 0.5) is 5.69 Å². The standard InChI is InChI=1S/C18H21BrN2/c1-13-10-14-6-2-5-9-17(14)21(12-13)18(11-20)15-7-3-4-8-16(15)19/h2-9,13,18H,10-12,20H2,1H3. The van der Waals surface area contributed by atoms with E-state index in [1.807, 2.05) is 6.07 Å². The quantitative estimate of drug-likeness (QED) is 0.906. The van der Waals surface area contributed by atoms with E-state index < -0.39 is 0 Å². The number of anilines is 1. The second-order valence-corrected chi connectivity index (χ2v) is 6.72. The summed E-state index contributed by atoms with van der Waals surface area (Å²) in [6.45, 7) is 3.99. The molecule has 2 unspecified atom stereocenters. The fourth-order valence-corrected chi connectivity index (χ4v) is 3.85. The van der Waals surface area contributed by atoms with Gasteiger partial charge in [0.2, 0.25) is 0 Å². The molecule has 2 nitrogen and oxygen atoms in total. The van der Waals surface area contributed by atoms with E-state index in [0.717, 1.165) is 17.4 Å². The molecule has 1 heterocycles. The highest BCUT2D eigenvalue weighted by molar-refractivity contribution is 9.10. The summed E-state index contributed by atoms with van der Waals surface area (Å²) in [5.41, 5.74) is 10.2. The third-order valence-corrected chi connectivity index (χ3v) is 4.96. The minimum atomic E-state index is 0.212. The van der Waals surface area contributed by atoms with Gasteiger partial charge in [0.1, 0.15) is 0 Å². The highest BCUT2D eigenvalue weighted by atomic mass is 79.9. The molecule has 2 aromatic rings. The van der Waals surface area contributed by atoms with Gasteiger partial charge in [-0.2, -0.15) is 0 Å². The Morgan fingerprint density at radius 3 is 2.67 bits per heavy atom. The van der Waals surface area contributed by atoms with Crippen molar-refractivity contribution >= 4 is 21.6 Å². The average molecular weight is 345 g/mol. The molecule has 1 aliphatic rings. The summed E-state index contributed by atoms with van der Waals surface area (Å²) in [7, 11) is 0. The van der Waals surface area contributed by atoms with Crippen LogP contribution in [0.5, 0.6) is 0 Å². The molecule has 0 bridgehead atoms. The average Bonchev–Trinajstić information content (AvgIpc) is 2.49. The molecule has 1 aliphatic heterocycles. The third-order valence-electron chi connectivity index (χ3n) is 4.24. The van der Waals surface area contributed by atoms with Crippen LogP contribution in [0.15, 0.2) is 53.0 Å². The topological polar surface area (TPSA) is 29.3 Å². The number of halogens is 1. The van der Waals surface area contributed by atoms with Gasteiger partial charge in [0.05, 0.1) is 6.04 Å². The van der Waals surface area contributed by atoms with Crippen molar-refractivity contribution in [2.45, 2.75) is 19.4 Å². The predicted molar refractivity (Wildman–Crippen MR) is 92.6 cm³/mol. The van der Waals surface area contributed by atoms with Crippen molar-refractivity contribution in [3.05, 3.63) is 64.1 Å². The molecular formula is C18H21BrN2. The molecule has 2 N–H and O–H groups in total. The van der Waals surface area contributed by atoms with Crippen LogP contribution in [0.2, 0.25) is 0 Å². The van der Waals surface area contributed by atoms with Gasteiger partial charge in [-0.05, 0) is 35.6 Å². The maximum absolute atomic E-state index is 6.14. The minimum absolute atomic E-state index is 0.212. The van der Waals surface area contributed by atoms with Crippen LogP contribution in [0.1, 0.15) is 24.1 Å². The fourth-order valence-electron chi connectivity index (χ4n) is 3.30. The van der Waals surface area contributed by atoms with Gasteiger partial charge in [-0.15, -0.1) is 0 Å². The van der Waals surface area contributed by atoms with Gasteiger partial charge in [0, 0.05) is 23.2 Å². The maximum Gasteiger partial charge on any atom is 0.0675 e. The molecule has 3 heteroatoms. The second-order valence-electron chi connectivity index (χ2n) is 5.86. The molecule has 0 amide bonds. The van der Waals surface area contributed by atoms with Gasteiger partial charge < -0.3 is 10.6 Å². The van der Waals surface area contributed by atoms with E-state index in [1.165, 1.54) is 16.8 Å². The Balaban J connectivity index is 2.04. The Morgan fingerprint density at radius 1 is 1.19 bits per heavy atom. The summed E-state index contributed by atoms with van der Waals surface area (Å²) in [4.78, 5) is 2.48.